The summed E-state index contributed by atoms with van der Waals surface area (Å²) in [5.74, 6) is -0.432. The molecule has 1 aromatic carbocycles. The number of benzene rings is 1. The van der Waals surface area contributed by atoms with Crippen molar-refractivity contribution in [2.75, 3.05) is 7.11 Å². The van der Waals surface area contributed by atoms with Gasteiger partial charge in [-0.1, -0.05) is 19.3 Å². The highest BCUT2D eigenvalue weighted by Crippen LogP contribution is 2.48. The zero-order valence-electron chi connectivity index (χ0n) is 10.4. The van der Waals surface area contributed by atoms with Crippen LogP contribution in [0.3, 0.4) is 0 Å². The van der Waals surface area contributed by atoms with Crippen LogP contribution in [0.2, 0.25) is 0 Å². The van der Waals surface area contributed by atoms with Crippen LogP contribution in [0, 0.1) is 5.82 Å². The highest BCUT2D eigenvalue weighted by atomic mass is 19.1. The quantitative estimate of drug-likeness (QED) is 0.765. The second kappa shape index (κ2) is 4.05. The number of hydrogen-bond donors (Lipinski definition) is 0. The Kier molecular flexibility index (Phi) is 2.63. The second-order valence-electron chi connectivity index (χ2n) is 5.06. The third-order valence-electron chi connectivity index (χ3n) is 4.15. The summed E-state index contributed by atoms with van der Waals surface area (Å²) in [6.45, 7) is 0. The molecule has 1 heterocycles. The van der Waals surface area contributed by atoms with Crippen LogP contribution >= 0.6 is 0 Å². The number of fused-ring (bicyclic) bond motifs is 2. The molecule has 0 radical (unpaired) electrons. The highest BCUT2D eigenvalue weighted by molar-refractivity contribution is 5.99. The summed E-state index contributed by atoms with van der Waals surface area (Å²) in [6.07, 6.45) is 4.95. The van der Waals surface area contributed by atoms with E-state index in [1.807, 2.05) is 0 Å². The monoisotopic (exact) mass is 249 g/mol. The molecular formula is C14H16FNO2. The molecule has 96 valence electrons. The molecule has 1 amide bonds. The Labute approximate surface area is 105 Å². The fourth-order valence-electron chi connectivity index (χ4n) is 3.37. The minimum absolute atomic E-state index is 0.144. The molecule has 0 atom stereocenters. The molecule has 4 heteroatoms. The lowest BCUT2D eigenvalue weighted by molar-refractivity contribution is -0.169. The van der Waals surface area contributed by atoms with Crippen LogP contribution in [0.1, 0.15) is 48.0 Å². The van der Waals surface area contributed by atoms with E-state index in [1.165, 1.54) is 24.3 Å². The molecule has 0 bridgehead atoms. The minimum Gasteiger partial charge on any atom is -0.273 e. The van der Waals surface area contributed by atoms with Gasteiger partial charge in [-0.15, -0.1) is 0 Å². The van der Waals surface area contributed by atoms with Gasteiger partial charge in [0, 0.05) is 5.56 Å². The van der Waals surface area contributed by atoms with E-state index >= 15 is 0 Å². The van der Waals surface area contributed by atoms with Gasteiger partial charge < -0.3 is 0 Å². The summed E-state index contributed by atoms with van der Waals surface area (Å²) in [5.41, 5.74) is 0.941. The maximum absolute atomic E-state index is 13.5. The van der Waals surface area contributed by atoms with Crippen LogP contribution in [0.25, 0.3) is 0 Å². The van der Waals surface area contributed by atoms with E-state index in [2.05, 4.69) is 0 Å². The summed E-state index contributed by atoms with van der Waals surface area (Å²) >= 11 is 0. The smallest absolute Gasteiger partial charge is 0.273 e. The summed E-state index contributed by atoms with van der Waals surface area (Å²) < 4.78 is 13.5. The third kappa shape index (κ3) is 1.42. The average Bonchev–Trinajstić information content (AvgIpc) is 2.60. The molecule has 1 aliphatic carbocycles. The van der Waals surface area contributed by atoms with Crippen molar-refractivity contribution in [3.8, 4) is 0 Å². The predicted octanol–water partition coefficient (Wildman–Crippen LogP) is 3.00. The van der Waals surface area contributed by atoms with Gasteiger partial charge in [-0.3, -0.25) is 9.63 Å². The standard InChI is InChI=1S/C14H16FNO2/c1-18-16-13(17)11-6-5-10(15)9-12(11)14(16)7-3-2-4-8-14/h5-6,9H,2-4,7-8H2,1H3. The fourth-order valence-corrected chi connectivity index (χ4v) is 3.37. The van der Waals surface area contributed by atoms with Crippen molar-refractivity contribution >= 4 is 5.91 Å². The lowest BCUT2D eigenvalue weighted by Gasteiger charge is -2.40. The first kappa shape index (κ1) is 11.7. The van der Waals surface area contributed by atoms with E-state index in [-0.39, 0.29) is 11.7 Å². The number of carbonyl (C=O) groups excluding carboxylic acids is 1. The van der Waals surface area contributed by atoms with Gasteiger partial charge in [0.05, 0.1) is 12.6 Å². The summed E-state index contributed by atoms with van der Waals surface area (Å²) in [5, 5.41) is 1.45. The molecule has 1 spiro atoms. The highest BCUT2D eigenvalue weighted by Gasteiger charge is 2.50. The maximum atomic E-state index is 13.5. The second-order valence-corrected chi connectivity index (χ2v) is 5.06. The molecular weight excluding hydrogens is 233 g/mol. The van der Waals surface area contributed by atoms with Gasteiger partial charge >= 0.3 is 0 Å². The Balaban J connectivity index is 2.17. The van der Waals surface area contributed by atoms with Crippen LogP contribution in [0.5, 0.6) is 0 Å². The molecule has 1 fully saturated rings. The average molecular weight is 249 g/mol. The normalized spacial score (nSPS) is 21.4. The Bertz CT molecular complexity index is 495. The van der Waals surface area contributed by atoms with Crippen molar-refractivity contribution in [2.45, 2.75) is 37.6 Å². The lowest BCUT2D eigenvalue weighted by atomic mass is 9.77. The molecule has 1 aliphatic heterocycles. The Morgan fingerprint density at radius 3 is 2.67 bits per heavy atom. The predicted molar refractivity (Wildman–Crippen MR) is 64.3 cm³/mol. The van der Waals surface area contributed by atoms with Crippen molar-refractivity contribution in [1.82, 2.24) is 5.06 Å². The SMILES string of the molecule is CON1C(=O)c2ccc(F)cc2C12CCCCC2. The summed E-state index contributed by atoms with van der Waals surface area (Å²) in [7, 11) is 1.51. The van der Waals surface area contributed by atoms with Crippen molar-refractivity contribution in [3.63, 3.8) is 0 Å². The van der Waals surface area contributed by atoms with Gasteiger partial charge in [-0.2, -0.15) is 0 Å². The molecule has 1 aromatic rings. The lowest BCUT2D eigenvalue weighted by Crippen LogP contribution is -2.44. The molecule has 0 N–H and O–H groups in total. The van der Waals surface area contributed by atoms with Crippen molar-refractivity contribution in [2.24, 2.45) is 0 Å². The Morgan fingerprint density at radius 1 is 1.28 bits per heavy atom. The van der Waals surface area contributed by atoms with Crippen LogP contribution in [-0.2, 0) is 10.4 Å². The van der Waals surface area contributed by atoms with Gasteiger partial charge in [0.15, 0.2) is 0 Å². The summed E-state index contributed by atoms with van der Waals surface area (Å²) in [4.78, 5) is 17.6. The molecule has 3 nitrogen and oxygen atoms in total. The van der Waals surface area contributed by atoms with Crippen LogP contribution < -0.4 is 0 Å². The van der Waals surface area contributed by atoms with Crippen molar-refractivity contribution in [3.05, 3.63) is 35.1 Å². The van der Waals surface area contributed by atoms with E-state index in [9.17, 15) is 9.18 Å². The first-order valence-electron chi connectivity index (χ1n) is 6.38. The van der Waals surface area contributed by atoms with Crippen molar-refractivity contribution in [1.29, 1.82) is 0 Å². The van der Waals surface area contributed by atoms with E-state index < -0.39 is 5.54 Å². The number of nitrogens with zero attached hydrogens (tertiary/aromatic N) is 1. The van der Waals surface area contributed by atoms with Crippen LogP contribution in [0.15, 0.2) is 18.2 Å². The molecule has 3 rings (SSSR count). The van der Waals surface area contributed by atoms with Gasteiger partial charge in [0.25, 0.3) is 5.91 Å². The van der Waals surface area contributed by atoms with E-state index in [0.29, 0.717) is 5.56 Å². The fraction of sp³-hybridized carbons (Fsp3) is 0.500. The van der Waals surface area contributed by atoms with Gasteiger partial charge in [0.2, 0.25) is 0 Å². The Morgan fingerprint density at radius 2 is 2.00 bits per heavy atom. The van der Waals surface area contributed by atoms with Crippen LogP contribution in [-0.4, -0.2) is 18.1 Å². The number of hydroxylamine groups is 2. The van der Waals surface area contributed by atoms with E-state index in [1.54, 1.807) is 6.07 Å². The molecule has 2 aliphatic rings. The molecule has 0 unspecified atom stereocenters. The van der Waals surface area contributed by atoms with E-state index in [0.717, 1.165) is 37.7 Å². The Hall–Kier alpha value is -1.42. The maximum Gasteiger partial charge on any atom is 0.278 e. The van der Waals surface area contributed by atoms with Crippen molar-refractivity contribution < 1.29 is 14.0 Å². The zero-order valence-corrected chi connectivity index (χ0v) is 10.4. The number of halogens is 1. The molecule has 18 heavy (non-hydrogen) atoms. The molecule has 1 saturated carbocycles. The van der Waals surface area contributed by atoms with Crippen LogP contribution in [0.4, 0.5) is 4.39 Å². The van der Waals surface area contributed by atoms with Gasteiger partial charge in [-0.25, -0.2) is 9.45 Å². The number of hydrogen-bond acceptors (Lipinski definition) is 2. The molecule has 0 saturated heterocycles. The first-order chi connectivity index (χ1) is 8.69. The topological polar surface area (TPSA) is 29.5 Å². The zero-order chi connectivity index (χ0) is 12.8. The number of amides is 1. The largest absolute Gasteiger partial charge is 0.278 e. The third-order valence-corrected chi connectivity index (χ3v) is 4.15. The number of rotatable bonds is 1. The van der Waals surface area contributed by atoms with Gasteiger partial charge in [0.1, 0.15) is 5.82 Å². The number of carbonyl (C=O) groups is 1. The summed E-state index contributed by atoms with van der Waals surface area (Å²) in [6, 6.07) is 4.41. The first-order valence-corrected chi connectivity index (χ1v) is 6.38. The molecule has 0 aromatic heterocycles. The van der Waals surface area contributed by atoms with E-state index in [4.69, 9.17) is 4.84 Å². The van der Waals surface area contributed by atoms with Gasteiger partial charge in [-0.05, 0) is 36.6 Å². The minimum atomic E-state index is -0.443.